The molecule has 0 saturated carbocycles. The highest BCUT2D eigenvalue weighted by atomic mass is 32.1. The van der Waals surface area contributed by atoms with Crippen molar-refractivity contribution in [2.45, 2.75) is 52.7 Å². The van der Waals surface area contributed by atoms with Gasteiger partial charge in [0.2, 0.25) is 0 Å². The molecule has 0 bridgehead atoms. The fourth-order valence-corrected chi connectivity index (χ4v) is 4.08. The fourth-order valence-electron chi connectivity index (χ4n) is 3.91. The number of hydrazine groups is 1. The molecule has 182 valence electrons. The first-order valence-electron chi connectivity index (χ1n) is 11.9. The molecule has 1 aliphatic heterocycles. The second kappa shape index (κ2) is 10.4. The van der Waals surface area contributed by atoms with Crippen LogP contribution in [-0.4, -0.2) is 10.7 Å². The average molecular weight is 488 g/mol. The predicted octanol–water partition coefficient (Wildman–Crippen LogP) is 6.70. The van der Waals surface area contributed by atoms with Gasteiger partial charge < -0.3 is 14.8 Å². The van der Waals surface area contributed by atoms with E-state index >= 15 is 0 Å². The summed E-state index contributed by atoms with van der Waals surface area (Å²) >= 11 is 5.51. The molecule has 0 fully saturated rings. The van der Waals surface area contributed by atoms with Crippen LogP contribution in [0.2, 0.25) is 0 Å². The number of aryl methyl sites for hydroxylation is 1. The zero-order chi connectivity index (χ0) is 25.0. The zero-order valence-corrected chi connectivity index (χ0v) is 21.8. The smallest absolute Gasteiger partial charge is 0.189 e. The Balaban J connectivity index is 1.44. The quantitative estimate of drug-likeness (QED) is 0.255. The van der Waals surface area contributed by atoms with Crippen LogP contribution in [0.1, 0.15) is 55.9 Å². The van der Waals surface area contributed by atoms with Crippen LogP contribution in [0.3, 0.4) is 0 Å². The average Bonchev–Trinajstić information content (AvgIpc) is 2.82. The minimum absolute atomic E-state index is 0.470. The molecule has 0 unspecified atom stereocenters. The second-order valence-corrected chi connectivity index (χ2v) is 10.0. The summed E-state index contributed by atoms with van der Waals surface area (Å²) < 4.78 is 12.3. The Labute approximate surface area is 213 Å². The molecule has 3 aromatic carbocycles. The van der Waals surface area contributed by atoms with E-state index in [4.69, 9.17) is 21.7 Å². The van der Waals surface area contributed by atoms with Crippen LogP contribution in [0.5, 0.6) is 11.5 Å². The summed E-state index contributed by atoms with van der Waals surface area (Å²) in [6.45, 7) is 11.0. The normalized spacial score (nSPS) is 13.8. The van der Waals surface area contributed by atoms with Crippen molar-refractivity contribution in [3.8, 4) is 11.5 Å². The van der Waals surface area contributed by atoms with Crippen molar-refractivity contribution < 1.29 is 9.47 Å². The lowest BCUT2D eigenvalue weighted by molar-refractivity contribution is 0.157. The molecular weight excluding hydrogens is 454 g/mol. The molecule has 1 aliphatic rings. The topological polar surface area (TPSA) is 54.5 Å². The lowest BCUT2D eigenvalue weighted by Crippen LogP contribution is -2.41. The Bertz CT molecular complexity index is 1230. The van der Waals surface area contributed by atoms with Crippen molar-refractivity contribution in [2.24, 2.45) is 0 Å². The molecule has 5 nitrogen and oxygen atoms in total. The predicted molar refractivity (Wildman–Crippen MR) is 148 cm³/mol. The van der Waals surface area contributed by atoms with Gasteiger partial charge in [0.1, 0.15) is 23.7 Å². The maximum absolute atomic E-state index is 6.17. The number of thiocarbonyl (C=S) groups is 1. The molecule has 0 spiro atoms. The number of hydrogen-bond acceptors (Lipinski definition) is 4. The first kappa shape index (κ1) is 24.6. The molecule has 0 aliphatic carbocycles. The van der Waals surface area contributed by atoms with Crippen molar-refractivity contribution >= 4 is 28.7 Å². The van der Waals surface area contributed by atoms with Gasteiger partial charge in [-0.1, -0.05) is 50.2 Å². The second-order valence-electron chi connectivity index (χ2n) is 9.62. The first-order valence-corrected chi connectivity index (χ1v) is 12.3. The van der Waals surface area contributed by atoms with Gasteiger partial charge in [0.25, 0.3) is 0 Å². The molecule has 6 heteroatoms. The van der Waals surface area contributed by atoms with E-state index in [0.717, 1.165) is 34.0 Å². The highest BCUT2D eigenvalue weighted by Crippen LogP contribution is 2.37. The third kappa shape index (κ3) is 6.34. The zero-order valence-electron chi connectivity index (χ0n) is 20.9. The van der Waals surface area contributed by atoms with Gasteiger partial charge in [-0.25, -0.2) is 0 Å². The number of hydrogen-bond donors (Lipinski definition) is 3. The first-order chi connectivity index (χ1) is 16.7. The van der Waals surface area contributed by atoms with E-state index < -0.39 is 5.60 Å². The Hall–Kier alpha value is -3.51. The van der Waals surface area contributed by atoms with Gasteiger partial charge in [0, 0.05) is 11.3 Å². The lowest BCUT2D eigenvalue weighted by atomic mass is 9.99. The van der Waals surface area contributed by atoms with Crippen LogP contribution < -0.4 is 25.6 Å². The molecule has 1 heterocycles. The summed E-state index contributed by atoms with van der Waals surface area (Å²) in [5.74, 6) is 2.05. The Morgan fingerprint density at radius 2 is 1.77 bits per heavy atom. The standard InChI is InChI=1S/C29H33N3O2S/c1-19(2)21-10-12-23(13-11-21)30-28(35)32-31-26-17-29(4,5)34-27-15-14-24(16-25(26)27)33-18-22-9-7-6-8-20(22)3/h6-17,19,31H,18H2,1-5H3,(H2,30,32,35). The molecule has 0 radical (unpaired) electrons. The SMILES string of the molecule is Cc1ccccc1COc1ccc2c(c1)C(NNC(=S)Nc1ccc(C(C)C)cc1)=CC(C)(C)O2. The van der Waals surface area contributed by atoms with E-state index in [1.54, 1.807) is 0 Å². The maximum atomic E-state index is 6.17. The van der Waals surface area contributed by atoms with Crippen molar-refractivity contribution in [3.63, 3.8) is 0 Å². The monoisotopic (exact) mass is 487 g/mol. The minimum atomic E-state index is -0.470. The molecular formula is C29H33N3O2S. The van der Waals surface area contributed by atoms with Gasteiger partial charge in [0.05, 0.1) is 5.70 Å². The number of nitrogens with one attached hydrogen (secondary N) is 3. The van der Waals surface area contributed by atoms with Crippen molar-refractivity contribution in [1.29, 1.82) is 0 Å². The highest BCUT2D eigenvalue weighted by Gasteiger charge is 2.27. The lowest BCUT2D eigenvalue weighted by Gasteiger charge is -2.32. The molecule has 35 heavy (non-hydrogen) atoms. The van der Waals surface area contributed by atoms with Crippen molar-refractivity contribution in [1.82, 2.24) is 10.9 Å². The highest BCUT2D eigenvalue weighted by molar-refractivity contribution is 7.80. The summed E-state index contributed by atoms with van der Waals surface area (Å²) in [7, 11) is 0. The van der Waals surface area contributed by atoms with Gasteiger partial charge in [-0.15, -0.1) is 0 Å². The molecule has 0 amide bonds. The van der Waals surface area contributed by atoms with Gasteiger partial charge in [-0.3, -0.25) is 10.9 Å². The van der Waals surface area contributed by atoms with Gasteiger partial charge in [0.15, 0.2) is 5.11 Å². The summed E-state index contributed by atoms with van der Waals surface area (Å²) in [6.07, 6.45) is 2.04. The number of rotatable bonds is 7. The van der Waals surface area contributed by atoms with Gasteiger partial charge in [-0.2, -0.15) is 0 Å². The van der Waals surface area contributed by atoms with Crippen LogP contribution in [-0.2, 0) is 6.61 Å². The van der Waals surface area contributed by atoms with E-state index in [1.807, 2.05) is 62.4 Å². The van der Waals surface area contributed by atoms with Crippen LogP contribution in [0.25, 0.3) is 5.70 Å². The van der Waals surface area contributed by atoms with Crippen molar-refractivity contribution in [2.75, 3.05) is 5.32 Å². The molecule has 0 aromatic heterocycles. The number of ether oxygens (including phenoxy) is 2. The molecule has 4 rings (SSSR count). The summed E-state index contributed by atoms with van der Waals surface area (Å²) in [5.41, 5.74) is 12.3. The van der Waals surface area contributed by atoms with Gasteiger partial charge >= 0.3 is 0 Å². The van der Waals surface area contributed by atoms with Crippen LogP contribution in [0.4, 0.5) is 5.69 Å². The minimum Gasteiger partial charge on any atom is -0.489 e. The Morgan fingerprint density at radius 3 is 2.49 bits per heavy atom. The summed E-state index contributed by atoms with van der Waals surface area (Å²) in [6, 6.07) is 22.4. The van der Waals surface area contributed by atoms with Crippen LogP contribution in [0, 0.1) is 6.92 Å². The number of fused-ring (bicyclic) bond motifs is 1. The van der Waals surface area contributed by atoms with E-state index in [2.05, 4.69) is 61.2 Å². The number of anilines is 1. The van der Waals surface area contributed by atoms with E-state index in [0.29, 0.717) is 17.6 Å². The Morgan fingerprint density at radius 1 is 1.03 bits per heavy atom. The molecule has 0 atom stereocenters. The summed E-state index contributed by atoms with van der Waals surface area (Å²) in [4.78, 5) is 0. The van der Waals surface area contributed by atoms with E-state index in [-0.39, 0.29) is 0 Å². The van der Waals surface area contributed by atoms with Crippen LogP contribution >= 0.6 is 12.2 Å². The van der Waals surface area contributed by atoms with Crippen LogP contribution in [0.15, 0.2) is 72.8 Å². The Kier molecular flexibility index (Phi) is 7.31. The fraction of sp³-hybridized carbons (Fsp3) is 0.276. The largest absolute Gasteiger partial charge is 0.489 e. The van der Waals surface area contributed by atoms with Gasteiger partial charge in [-0.05, 0) is 92.0 Å². The molecule has 3 aromatic rings. The third-order valence-corrected chi connectivity index (χ3v) is 6.11. The molecule has 3 N–H and O–H groups in total. The molecule has 0 saturated heterocycles. The van der Waals surface area contributed by atoms with E-state index in [9.17, 15) is 0 Å². The third-order valence-electron chi connectivity index (χ3n) is 5.91. The summed E-state index contributed by atoms with van der Waals surface area (Å²) in [5, 5.41) is 3.70. The maximum Gasteiger partial charge on any atom is 0.189 e. The van der Waals surface area contributed by atoms with E-state index in [1.165, 1.54) is 11.1 Å². The van der Waals surface area contributed by atoms with Crippen molar-refractivity contribution in [3.05, 3.63) is 95.1 Å². The number of benzene rings is 3.